The molecule has 1 amide bonds. The maximum atomic E-state index is 12.6. The summed E-state index contributed by atoms with van der Waals surface area (Å²) in [6, 6.07) is 6.20. The molecule has 2 aliphatic heterocycles. The smallest absolute Gasteiger partial charge is 0.251 e. The molecule has 0 radical (unpaired) electrons. The molecule has 0 spiro atoms. The summed E-state index contributed by atoms with van der Waals surface area (Å²) in [6.07, 6.45) is 1.82. The van der Waals surface area contributed by atoms with Crippen molar-refractivity contribution in [1.29, 1.82) is 0 Å². The van der Waals surface area contributed by atoms with E-state index in [2.05, 4.69) is 19.2 Å². The summed E-state index contributed by atoms with van der Waals surface area (Å²) < 4.78 is 32.4. The molecule has 1 aromatic rings. The Morgan fingerprint density at radius 3 is 2.57 bits per heavy atom. The molecule has 28 heavy (non-hydrogen) atoms. The Morgan fingerprint density at radius 1 is 1.25 bits per heavy atom. The first-order chi connectivity index (χ1) is 13.4. The predicted molar refractivity (Wildman–Crippen MR) is 107 cm³/mol. The molecule has 2 atom stereocenters. The Kier molecular flexibility index (Phi) is 7.09. The second kappa shape index (κ2) is 9.35. The number of quaternary nitrogens is 1. The number of morpholine rings is 1. The van der Waals surface area contributed by atoms with Gasteiger partial charge >= 0.3 is 0 Å². The standard InChI is InChI=1S/C20H31N3O4S/c1-16(2)14-22-11-12-27-18(15-22)13-21-20(24)17-5-7-19(8-6-17)28(25,26)23-9-3-4-10-23/h5-8,16,18H,3-4,9-15H2,1-2H3,(H,21,24)/p+1/t18-/m1/s1. The molecule has 0 saturated carbocycles. The van der Waals surface area contributed by atoms with E-state index in [4.69, 9.17) is 4.74 Å². The highest BCUT2D eigenvalue weighted by Gasteiger charge is 2.27. The summed E-state index contributed by atoms with van der Waals surface area (Å²) in [5.74, 6) is 0.434. The largest absolute Gasteiger partial charge is 0.365 e. The SMILES string of the molecule is CC(C)C[NH+]1CCO[C@H](CNC(=O)c2ccc(S(=O)(=O)N3CCCC3)cc2)C1. The molecule has 0 aliphatic carbocycles. The zero-order valence-electron chi connectivity index (χ0n) is 16.8. The van der Waals surface area contributed by atoms with Crippen LogP contribution in [0.1, 0.15) is 37.0 Å². The highest BCUT2D eigenvalue weighted by atomic mass is 32.2. The summed E-state index contributed by atoms with van der Waals surface area (Å²) in [5, 5.41) is 2.92. The molecule has 2 aliphatic rings. The van der Waals surface area contributed by atoms with E-state index in [9.17, 15) is 13.2 Å². The lowest BCUT2D eigenvalue weighted by Crippen LogP contribution is -3.15. The van der Waals surface area contributed by atoms with E-state index in [-0.39, 0.29) is 16.9 Å². The zero-order chi connectivity index (χ0) is 20.1. The van der Waals surface area contributed by atoms with Crippen LogP contribution in [0.3, 0.4) is 0 Å². The molecule has 1 unspecified atom stereocenters. The number of nitrogens with zero attached hydrogens (tertiary/aromatic N) is 1. The summed E-state index contributed by atoms with van der Waals surface area (Å²) in [7, 11) is -3.45. The van der Waals surface area contributed by atoms with Crippen LogP contribution in [0.4, 0.5) is 0 Å². The minimum atomic E-state index is -3.45. The number of carbonyl (C=O) groups is 1. The van der Waals surface area contributed by atoms with Crippen molar-refractivity contribution >= 4 is 15.9 Å². The minimum Gasteiger partial charge on any atom is -0.365 e. The van der Waals surface area contributed by atoms with Crippen molar-refractivity contribution in [3.05, 3.63) is 29.8 Å². The van der Waals surface area contributed by atoms with E-state index in [0.717, 1.165) is 32.5 Å². The molecule has 2 saturated heterocycles. The van der Waals surface area contributed by atoms with Gasteiger partial charge in [0, 0.05) is 31.1 Å². The summed E-state index contributed by atoms with van der Waals surface area (Å²) in [4.78, 5) is 14.2. The van der Waals surface area contributed by atoms with Crippen LogP contribution in [0.15, 0.2) is 29.2 Å². The van der Waals surface area contributed by atoms with E-state index in [1.54, 1.807) is 12.1 Å². The number of amides is 1. The van der Waals surface area contributed by atoms with Gasteiger partial charge in [0.1, 0.15) is 19.2 Å². The zero-order valence-corrected chi connectivity index (χ0v) is 17.6. The number of hydrogen-bond donors (Lipinski definition) is 2. The molecule has 156 valence electrons. The van der Waals surface area contributed by atoms with Crippen LogP contribution >= 0.6 is 0 Å². The molecule has 1 aromatic carbocycles. The first-order valence-electron chi connectivity index (χ1n) is 10.2. The van der Waals surface area contributed by atoms with E-state index < -0.39 is 10.0 Å². The quantitative estimate of drug-likeness (QED) is 0.670. The number of ether oxygens (including phenoxy) is 1. The Morgan fingerprint density at radius 2 is 1.93 bits per heavy atom. The van der Waals surface area contributed by atoms with E-state index >= 15 is 0 Å². The van der Waals surface area contributed by atoms with Crippen molar-refractivity contribution in [2.75, 3.05) is 45.9 Å². The van der Waals surface area contributed by atoms with Crippen LogP contribution in [-0.4, -0.2) is 70.6 Å². The van der Waals surface area contributed by atoms with Gasteiger partial charge in [0.05, 0.1) is 18.0 Å². The van der Waals surface area contributed by atoms with Crippen molar-refractivity contribution < 1.29 is 22.8 Å². The number of rotatable bonds is 7. The van der Waals surface area contributed by atoms with Crippen molar-refractivity contribution in [2.24, 2.45) is 5.92 Å². The first kappa shape index (κ1) is 21.2. The Bertz CT molecular complexity index is 758. The molecule has 2 heterocycles. The fourth-order valence-corrected chi connectivity index (χ4v) is 5.43. The number of benzene rings is 1. The van der Waals surface area contributed by atoms with Crippen LogP contribution < -0.4 is 10.2 Å². The average Bonchev–Trinajstić information content (AvgIpc) is 3.22. The Balaban J connectivity index is 1.53. The van der Waals surface area contributed by atoms with Crippen molar-refractivity contribution in [3.63, 3.8) is 0 Å². The Labute approximate surface area is 168 Å². The molecule has 2 N–H and O–H groups in total. The van der Waals surface area contributed by atoms with Crippen molar-refractivity contribution in [1.82, 2.24) is 9.62 Å². The number of nitrogens with one attached hydrogen (secondary N) is 2. The third-order valence-electron chi connectivity index (χ3n) is 5.33. The summed E-state index contributed by atoms with van der Waals surface area (Å²) >= 11 is 0. The Hall–Kier alpha value is -1.48. The van der Waals surface area contributed by atoms with E-state index in [0.29, 0.717) is 37.7 Å². The number of hydrogen-bond acceptors (Lipinski definition) is 4. The van der Waals surface area contributed by atoms with Gasteiger partial charge in [0.25, 0.3) is 5.91 Å². The summed E-state index contributed by atoms with van der Waals surface area (Å²) in [5.41, 5.74) is 0.461. The molecule has 0 aromatic heterocycles. The highest BCUT2D eigenvalue weighted by molar-refractivity contribution is 7.89. The van der Waals surface area contributed by atoms with Gasteiger partial charge in [0.2, 0.25) is 10.0 Å². The fraction of sp³-hybridized carbons (Fsp3) is 0.650. The second-order valence-corrected chi connectivity index (χ2v) is 10.1. The molecular formula is C20H32N3O4S+. The molecule has 0 bridgehead atoms. The monoisotopic (exact) mass is 410 g/mol. The molecule has 8 heteroatoms. The van der Waals surface area contributed by atoms with Crippen molar-refractivity contribution in [2.45, 2.75) is 37.7 Å². The van der Waals surface area contributed by atoms with Gasteiger partial charge in [-0.3, -0.25) is 4.79 Å². The van der Waals surface area contributed by atoms with Gasteiger partial charge in [-0.2, -0.15) is 4.31 Å². The number of sulfonamides is 1. The van der Waals surface area contributed by atoms with E-state index in [1.807, 2.05) is 0 Å². The third-order valence-corrected chi connectivity index (χ3v) is 7.24. The van der Waals surface area contributed by atoms with Gasteiger partial charge in [-0.25, -0.2) is 8.42 Å². The van der Waals surface area contributed by atoms with Crippen molar-refractivity contribution in [3.8, 4) is 0 Å². The third kappa shape index (κ3) is 5.31. The van der Waals surface area contributed by atoms with Crippen LogP contribution in [0.5, 0.6) is 0 Å². The van der Waals surface area contributed by atoms with E-state index in [1.165, 1.54) is 21.3 Å². The lowest BCUT2D eigenvalue weighted by Gasteiger charge is -2.31. The second-order valence-electron chi connectivity index (χ2n) is 8.14. The van der Waals surface area contributed by atoms with Gasteiger partial charge in [-0.05, 0) is 37.1 Å². The topological polar surface area (TPSA) is 80.1 Å². The number of carbonyl (C=O) groups excluding carboxylic acids is 1. The van der Waals surface area contributed by atoms with Crippen LogP contribution in [0.25, 0.3) is 0 Å². The molecular weight excluding hydrogens is 378 g/mol. The lowest BCUT2D eigenvalue weighted by molar-refractivity contribution is -0.914. The lowest BCUT2D eigenvalue weighted by atomic mass is 10.1. The average molecular weight is 411 g/mol. The summed E-state index contributed by atoms with van der Waals surface area (Å²) in [6.45, 7) is 9.77. The fourth-order valence-electron chi connectivity index (χ4n) is 3.91. The minimum absolute atomic E-state index is 0.0151. The normalized spacial score (nSPS) is 23.8. The van der Waals surface area contributed by atoms with Crippen LogP contribution in [0, 0.1) is 5.92 Å². The predicted octanol–water partition coefficient (Wildman–Crippen LogP) is 0.141. The highest BCUT2D eigenvalue weighted by Crippen LogP contribution is 2.21. The molecule has 7 nitrogen and oxygen atoms in total. The maximum Gasteiger partial charge on any atom is 0.251 e. The van der Waals surface area contributed by atoms with Gasteiger partial charge < -0.3 is 15.0 Å². The van der Waals surface area contributed by atoms with Gasteiger partial charge in [0.15, 0.2) is 0 Å². The van der Waals surface area contributed by atoms with Gasteiger partial charge in [-0.15, -0.1) is 0 Å². The first-order valence-corrected chi connectivity index (χ1v) is 11.6. The molecule has 2 fully saturated rings. The van der Waals surface area contributed by atoms with Crippen LogP contribution in [-0.2, 0) is 14.8 Å². The maximum absolute atomic E-state index is 12.6. The molecule has 3 rings (SSSR count). The van der Waals surface area contributed by atoms with Gasteiger partial charge in [-0.1, -0.05) is 13.8 Å². The van der Waals surface area contributed by atoms with Crippen LogP contribution in [0.2, 0.25) is 0 Å².